The number of rotatable bonds is 3. The Labute approximate surface area is 122 Å². The first-order valence-corrected chi connectivity index (χ1v) is 6.38. The smallest absolute Gasteiger partial charge is 0.255 e. The third-order valence-electron chi connectivity index (χ3n) is 2.91. The SMILES string of the molecule is Cc1ccccc1C(C#N)NC(=O)c1cccnc1Cl. The normalized spacial score (nSPS) is 11.4. The fourth-order valence-corrected chi connectivity index (χ4v) is 2.06. The van der Waals surface area contributed by atoms with Gasteiger partial charge in [0, 0.05) is 6.20 Å². The lowest BCUT2D eigenvalue weighted by Gasteiger charge is -2.14. The third kappa shape index (κ3) is 2.95. The van der Waals surface area contributed by atoms with Crippen LogP contribution in [0.1, 0.15) is 27.5 Å². The van der Waals surface area contributed by atoms with Crippen molar-refractivity contribution in [2.24, 2.45) is 0 Å². The van der Waals surface area contributed by atoms with Crippen LogP contribution in [0.15, 0.2) is 42.6 Å². The number of nitrogens with one attached hydrogen (secondary N) is 1. The number of nitrogens with zero attached hydrogens (tertiary/aromatic N) is 2. The maximum Gasteiger partial charge on any atom is 0.255 e. The molecule has 0 spiro atoms. The number of halogens is 1. The Kier molecular flexibility index (Phi) is 4.34. The molecule has 4 nitrogen and oxygen atoms in total. The largest absolute Gasteiger partial charge is 0.332 e. The minimum atomic E-state index is -0.722. The van der Waals surface area contributed by atoms with Crippen molar-refractivity contribution in [2.75, 3.05) is 0 Å². The van der Waals surface area contributed by atoms with E-state index in [1.54, 1.807) is 12.1 Å². The molecule has 1 atom stereocenters. The Morgan fingerprint density at radius 2 is 2.10 bits per heavy atom. The van der Waals surface area contributed by atoms with E-state index in [1.807, 2.05) is 31.2 Å². The lowest BCUT2D eigenvalue weighted by Crippen LogP contribution is -2.28. The second kappa shape index (κ2) is 6.18. The zero-order valence-electron chi connectivity index (χ0n) is 10.8. The van der Waals surface area contributed by atoms with Crippen LogP contribution in [0.4, 0.5) is 0 Å². The summed E-state index contributed by atoms with van der Waals surface area (Å²) >= 11 is 5.87. The van der Waals surface area contributed by atoms with Crippen molar-refractivity contribution in [2.45, 2.75) is 13.0 Å². The van der Waals surface area contributed by atoms with Gasteiger partial charge in [0.25, 0.3) is 5.91 Å². The lowest BCUT2D eigenvalue weighted by molar-refractivity contribution is 0.0945. The highest BCUT2D eigenvalue weighted by molar-refractivity contribution is 6.32. The van der Waals surface area contributed by atoms with Crippen molar-refractivity contribution in [1.29, 1.82) is 5.26 Å². The van der Waals surface area contributed by atoms with Crippen LogP contribution in [0, 0.1) is 18.3 Å². The Bertz CT molecular complexity index is 679. The Morgan fingerprint density at radius 3 is 2.75 bits per heavy atom. The number of carbonyl (C=O) groups excluding carboxylic acids is 1. The molecule has 20 heavy (non-hydrogen) atoms. The summed E-state index contributed by atoms with van der Waals surface area (Å²) in [6, 6.07) is 12.0. The highest BCUT2D eigenvalue weighted by Crippen LogP contribution is 2.18. The van der Waals surface area contributed by atoms with E-state index in [2.05, 4.69) is 16.4 Å². The predicted molar refractivity (Wildman–Crippen MR) is 76.2 cm³/mol. The van der Waals surface area contributed by atoms with E-state index in [9.17, 15) is 10.1 Å². The average molecular weight is 286 g/mol. The first-order chi connectivity index (χ1) is 9.63. The van der Waals surface area contributed by atoms with Crippen LogP contribution in [0.2, 0.25) is 5.15 Å². The molecule has 1 heterocycles. The maximum atomic E-state index is 12.1. The molecule has 5 heteroatoms. The number of pyridine rings is 1. The van der Waals surface area contributed by atoms with Gasteiger partial charge in [0.1, 0.15) is 11.2 Å². The van der Waals surface area contributed by atoms with Gasteiger partial charge >= 0.3 is 0 Å². The number of aromatic nitrogens is 1. The molecule has 2 rings (SSSR count). The summed E-state index contributed by atoms with van der Waals surface area (Å²) in [5.41, 5.74) is 1.96. The number of nitriles is 1. The standard InChI is InChI=1S/C15H12ClN3O/c1-10-5-2-3-6-11(10)13(9-17)19-15(20)12-7-4-8-18-14(12)16/h2-8,13H,1H3,(H,19,20). The zero-order chi connectivity index (χ0) is 14.5. The van der Waals surface area contributed by atoms with E-state index >= 15 is 0 Å². The summed E-state index contributed by atoms with van der Waals surface area (Å²) < 4.78 is 0. The van der Waals surface area contributed by atoms with Gasteiger partial charge in [-0.25, -0.2) is 4.98 Å². The minimum absolute atomic E-state index is 0.117. The molecule has 0 aliphatic carbocycles. The maximum absolute atomic E-state index is 12.1. The summed E-state index contributed by atoms with van der Waals surface area (Å²) in [4.78, 5) is 16.0. The molecule has 0 aliphatic heterocycles. The van der Waals surface area contributed by atoms with E-state index in [-0.39, 0.29) is 10.7 Å². The Morgan fingerprint density at radius 1 is 1.35 bits per heavy atom. The quantitative estimate of drug-likeness (QED) is 0.882. The summed E-state index contributed by atoms with van der Waals surface area (Å²) in [6.07, 6.45) is 1.50. The number of benzene rings is 1. The topological polar surface area (TPSA) is 65.8 Å². The summed E-state index contributed by atoms with van der Waals surface area (Å²) in [5, 5.41) is 12.0. The number of aryl methyl sites for hydroxylation is 1. The van der Waals surface area contributed by atoms with Crippen molar-refractivity contribution in [1.82, 2.24) is 10.3 Å². The summed E-state index contributed by atoms with van der Waals surface area (Å²) in [6.45, 7) is 1.89. The van der Waals surface area contributed by atoms with Crippen molar-refractivity contribution in [3.63, 3.8) is 0 Å². The zero-order valence-corrected chi connectivity index (χ0v) is 11.6. The molecule has 0 aliphatic rings. The van der Waals surface area contributed by atoms with Crippen molar-refractivity contribution < 1.29 is 4.79 Å². The first kappa shape index (κ1) is 14.0. The number of amides is 1. The van der Waals surface area contributed by atoms with Crippen LogP contribution in [0.5, 0.6) is 0 Å². The molecular weight excluding hydrogens is 274 g/mol. The van der Waals surface area contributed by atoms with Gasteiger partial charge in [-0.15, -0.1) is 0 Å². The van der Waals surface area contributed by atoms with Crippen LogP contribution < -0.4 is 5.32 Å². The van der Waals surface area contributed by atoms with Crippen molar-refractivity contribution in [3.05, 3.63) is 64.4 Å². The number of hydrogen-bond donors (Lipinski definition) is 1. The molecule has 0 saturated heterocycles. The number of hydrogen-bond acceptors (Lipinski definition) is 3. The molecule has 100 valence electrons. The molecule has 0 bridgehead atoms. The average Bonchev–Trinajstić information content (AvgIpc) is 2.46. The lowest BCUT2D eigenvalue weighted by atomic mass is 10.0. The molecule has 1 N–H and O–H groups in total. The highest BCUT2D eigenvalue weighted by Gasteiger charge is 2.18. The van der Waals surface area contributed by atoms with E-state index in [1.165, 1.54) is 6.20 Å². The predicted octanol–water partition coefficient (Wildman–Crippen LogP) is 3.04. The number of carbonyl (C=O) groups is 1. The molecular formula is C15H12ClN3O. The first-order valence-electron chi connectivity index (χ1n) is 6.00. The van der Waals surface area contributed by atoms with Crippen LogP contribution in [0.25, 0.3) is 0 Å². The second-order valence-electron chi connectivity index (χ2n) is 4.23. The van der Waals surface area contributed by atoms with Crippen LogP contribution >= 0.6 is 11.6 Å². The van der Waals surface area contributed by atoms with Gasteiger partial charge < -0.3 is 5.32 Å². The molecule has 0 fully saturated rings. The molecule has 1 unspecified atom stereocenters. The van der Waals surface area contributed by atoms with Gasteiger partial charge in [0.15, 0.2) is 0 Å². The van der Waals surface area contributed by atoms with Gasteiger partial charge in [0.2, 0.25) is 0 Å². The monoisotopic (exact) mass is 285 g/mol. The Hall–Kier alpha value is -2.38. The third-order valence-corrected chi connectivity index (χ3v) is 3.21. The molecule has 1 aromatic carbocycles. The Balaban J connectivity index is 2.24. The van der Waals surface area contributed by atoms with E-state index in [0.717, 1.165) is 11.1 Å². The summed E-state index contributed by atoms with van der Waals surface area (Å²) in [5.74, 6) is -0.419. The van der Waals surface area contributed by atoms with Crippen LogP contribution in [-0.4, -0.2) is 10.9 Å². The van der Waals surface area contributed by atoms with Crippen LogP contribution in [-0.2, 0) is 0 Å². The molecule has 0 saturated carbocycles. The minimum Gasteiger partial charge on any atom is -0.332 e. The molecule has 0 radical (unpaired) electrons. The van der Waals surface area contributed by atoms with Gasteiger partial charge in [-0.1, -0.05) is 35.9 Å². The van der Waals surface area contributed by atoms with E-state index in [0.29, 0.717) is 0 Å². The van der Waals surface area contributed by atoms with Crippen LogP contribution in [0.3, 0.4) is 0 Å². The van der Waals surface area contributed by atoms with Crippen molar-refractivity contribution in [3.8, 4) is 6.07 Å². The fourth-order valence-electron chi connectivity index (χ4n) is 1.85. The molecule has 2 aromatic rings. The van der Waals surface area contributed by atoms with Crippen molar-refractivity contribution >= 4 is 17.5 Å². The second-order valence-corrected chi connectivity index (χ2v) is 4.59. The van der Waals surface area contributed by atoms with E-state index in [4.69, 9.17) is 11.6 Å². The molecule has 1 amide bonds. The van der Waals surface area contributed by atoms with Gasteiger partial charge in [-0.2, -0.15) is 5.26 Å². The van der Waals surface area contributed by atoms with Gasteiger partial charge in [-0.3, -0.25) is 4.79 Å². The highest BCUT2D eigenvalue weighted by atomic mass is 35.5. The summed E-state index contributed by atoms with van der Waals surface area (Å²) in [7, 11) is 0. The van der Waals surface area contributed by atoms with Gasteiger partial charge in [0.05, 0.1) is 11.6 Å². The molecule has 1 aromatic heterocycles. The van der Waals surface area contributed by atoms with Gasteiger partial charge in [-0.05, 0) is 30.2 Å². The van der Waals surface area contributed by atoms with E-state index < -0.39 is 11.9 Å². The fraction of sp³-hybridized carbons (Fsp3) is 0.133.